The van der Waals surface area contributed by atoms with Crippen LogP contribution in [0.2, 0.25) is 0 Å². The molecule has 0 spiro atoms. The number of nitrogens with zero attached hydrogens (tertiary/aromatic N) is 2. The fourth-order valence-electron chi connectivity index (χ4n) is 0.993. The van der Waals surface area contributed by atoms with Crippen LogP contribution in [0.4, 0.5) is 13.2 Å². The summed E-state index contributed by atoms with van der Waals surface area (Å²) in [6.07, 6.45) is -3.84. The minimum atomic E-state index is -3.69. The quantitative estimate of drug-likeness (QED) is 0.781. The maximum Gasteiger partial charge on any atom is 0.304 e. The molecule has 5 nitrogen and oxygen atoms in total. The van der Waals surface area contributed by atoms with Gasteiger partial charge in [-0.2, -0.15) is 8.79 Å². The zero-order valence-corrected chi connectivity index (χ0v) is 12.4. The number of hydrogen-bond donors (Lipinski definition) is 0. The first-order valence-corrected chi connectivity index (χ1v) is 7.32. The Labute approximate surface area is 120 Å². The minimum Gasteiger partial charge on any atom is -0.437 e. The van der Waals surface area contributed by atoms with Gasteiger partial charge in [-0.3, -0.25) is 0 Å². The van der Waals surface area contributed by atoms with Crippen LogP contribution in [0.25, 0.3) is 0 Å². The molecule has 1 rings (SSSR count). The Kier molecular flexibility index (Phi) is 5.32. The lowest BCUT2D eigenvalue weighted by atomic mass is 10.3. The van der Waals surface area contributed by atoms with E-state index in [1.54, 1.807) is 0 Å². The number of alkyl halides is 3. The lowest BCUT2D eigenvalue weighted by Gasteiger charge is -2.14. The van der Waals surface area contributed by atoms with E-state index in [0.717, 1.165) is 18.5 Å². The Bertz CT molecular complexity index is 595. The SMILES string of the molecule is CC(C)(C)S(=O)(=O)N=Cc1ccc(OC(F)C(F)F)nc1. The molecule has 21 heavy (non-hydrogen) atoms. The van der Waals surface area contributed by atoms with Gasteiger partial charge in [0.1, 0.15) is 0 Å². The lowest BCUT2D eigenvalue weighted by molar-refractivity contribution is -0.0690. The van der Waals surface area contributed by atoms with Crippen LogP contribution in [0.3, 0.4) is 0 Å². The van der Waals surface area contributed by atoms with Crippen molar-refractivity contribution in [3.8, 4) is 5.88 Å². The summed E-state index contributed by atoms with van der Waals surface area (Å²) in [5.41, 5.74) is 0.308. The summed E-state index contributed by atoms with van der Waals surface area (Å²) < 4.78 is 66.7. The number of sulfonamides is 1. The van der Waals surface area contributed by atoms with Crippen molar-refractivity contribution < 1.29 is 26.3 Å². The molecule has 0 aliphatic heterocycles. The van der Waals surface area contributed by atoms with Gasteiger partial charge in [0.2, 0.25) is 5.88 Å². The zero-order chi connectivity index (χ0) is 16.3. The van der Waals surface area contributed by atoms with Crippen molar-refractivity contribution in [3.63, 3.8) is 0 Å². The van der Waals surface area contributed by atoms with Crippen molar-refractivity contribution in [2.45, 2.75) is 38.3 Å². The van der Waals surface area contributed by atoms with Gasteiger partial charge < -0.3 is 4.74 Å². The van der Waals surface area contributed by atoms with Gasteiger partial charge in [0.25, 0.3) is 16.4 Å². The van der Waals surface area contributed by atoms with E-state index in [1.165, 1.54) is 26.8 Å². The third-order valence-electron chi connectivity index (χ3n) is 2.31. The second-order valence-electron chi connectivity index (χ2n) is 5.06. The van der Waals surface area contributed by atoms with E-state index in [9.17, 15) is 21.6 Å². The highest BCUT2D eigenvalue weighted by Gasteiger charge is 2.27. The van der Waals surface area contributed by atoms with E-state index in [0.29, 0.717) is 5.56 Å². The van der Waals surface area contributed by atoms with Crippen LogP contribution in [0.15, 0.2) is 22.7 Å². The van der Waals surface area contributed by atoms with Crippen molar-refractivity contribution in [2.75, 3.05) is 0 Å². The van der Waals surface area contributed by atoms with Crippen molar-refractivity contribution in [1.82, 2.24) is 4.98 Å². The molecule has 118 valence electrons. The molecule has 0 fully saturated rings. The molecule has 0 radical (unpaired) electrons. The number of halogens is 3. The highest BCUT2D eigenvalue weighted by Crippen LogP contribution is 2.17. The van der Waals surface area contributed by atoms with Gasteiger partial charge in [-0.05, 0) is 26.8 Å². The molecule has 1 aromatic rings. The van der Waals surface area contributed by atoms with Crippen LogP contribution >= 0.6 is 0 Å². The van der Waals surface area contributed by atoms with E-state index in [1.807, 2.05) is 0 Å². The van der Waals surface area contributed by atoms with Crippen LogP contribution < -0.4 is 4.74 Å². The molecule has 0 bridgehead atoms. The Morgan fingerprint density at radius 3 is 2.33 bits per heavy atom. The molecule has 1 aromatic heterocycles. The summed E-state index contributed by atoms with van der Waals surface area (Å²) in [5, 5.41) is 0. The summed E-state index contributed by atoms with van der Waals surface area (Å²) >= 11 is 0. The molecule has 0 aliphatic rings. The standard InChI is InChI=1S/C12H15F3N2O3S/c1-12(2,3)21(18,19)17-7-8-4-5-9(16-6-8)20-11(15)10(13)14/h4-7,10-11H,1-3H3. The molecule has 1 atom stereocenters. The molecule has 1 unspecified atom stereocenters. The summed E-state index contributed by atoms with van der Waals surface area (Å²) in [6, 6.07) is 2.46. The van der Waals surface area contributed by atoms with Gasteiger partial charge in [0.05, 0.1) is 4.75 Å². The molecule has 1 heterocycles. The van der Waals surface area contributed by atoms with Crippen LogP contribution in [0.5, 0.6) is 5.88 Å². The maximum absolute atomic E-state index is 12.6. The molecule has 0 aromatic carbocycles. The van der Waals surface area contributed by atoms with Crippen molar-refractivity contribution in [2.24, 2.45) is 4.40 Å². The average Bonchev–Trinajstić information content (AvgIpc) is 2.36. The highest BCUT2D eigenvalue weighted by molar-refractivity contribution is 7.91. The summed E-state index contributed by atoms with van der Waals surface area (Å²) in [5.74, 6) is -0.335. The number of pyridine rings is 1. The first-order chi connectivity index (χ1) is 9.53. The smallest absolute Gasteiger partial charge is 0.304 e. The lowest BCUT2D eigenvalue weighted by Crippen LogP contribution is -2.25. The largest absolute Gasteiger partial charge is 0.437 e. The Balaban J connectivity index is 2.80. The highest BCUT2D eigenvalue weighted by atomic mass is 32.2. The van der Waals surface area contributed by atoms with Crippen molar-refractivity contribution in [3.05, 3.63) is 23.9 Å². The number of ether oxygens (including phenoxy) is 1. The Hall–Kier alpha value is -1.64. The predicted molar refractivity (Wildman–Crippen MR) is 72.0 cm³/mol. The van der Waals surface area contributed by atoms with E-state index in [2.05, 4.69) is 14.1 Å². The first-order valence-electron chi connectivity index (χ1n) is 5.88. The third kappa shape index (κ3) is 5.00. The summed E-state index contributed by atoms with van der Waals surface area (Å²) in [4.78, 5) is 3.58. The molecule has 0 aliphatic carbocycles. The average molecular weight is 324 g/mol. The second-order valence-corrected chi connectivity index (χ2v) is 7.44. The van der Waals surface area contributed by atoms with Crippen molar-refractivity contribution >= 4 is 16.2 Å². The third-order valence-corrected chi connectivity index (χ3v) is 4.24. The van der Waals surface area contributed by atoms with Crippen LogP contribution in [-0.2, 0) is 10.0 Å². The van der Waals surface area contributed by atoms with E-state index in [-0.39, 0.29) is 5.88 Å². The maximum atomic E-state index is 12.6. The van der Waals surface area contributed by atoms with Crippen LogP contribution in [0.1, 0.15) is 26.3 Å². The number of aromatic nitrogens is 1. The summed E-state index contributed by atoms with van der Waals surface area (Å²) in [7, 11) is -3.69. The van der Waals surface area contributed by atoms with E-state index >= 15 is 0 Å². The molecule has 0 saturated heterocycles. The summed E-state index contributed by atoms with van der Waals surface area (Å²) in [6.45, 7) is 4.50. The topological polar surface area (TPSA) is 68.6 Å². The van der Waals surface area contributed by atoms with Gasteiger partial charge in [0, 0.05) is 24.0 Å². The van der Waals surface area contributed by atoms with E-state index < -0.39 is 27.6 Å². The van der Waals surface area contributed by atoms with Gasteiger partial charge in [-0.15, -0.1) is 0 Å². The zero-order valence-electron chi connectivity index (χ0n) is 11.6. The van der Waals surface area contributed by atoms with Crippen molar-refractivity contribution in [1.29, 1.82) is 0 Å². The Morgan fingerprint density at radius 2 is 1.90 bits per heavy atom. The Morgan fingerprint density at radius 1 is 1.29 bits per heavy atom. The fraction of sp³-hybridized carbons (Fsp3) is 0.500. The second kappa shape index (κ2) is 6.42. The first kappa shape index (κ1) is 17.4. The molecular formula is C12H15F3N2O3S. The molecule has 0 amide bonds. The van der Waals surface area contributed by atoms with Gasteiger partial charge in [-0.1, -0.05) is 0 Å². The molecule has 0 saturated carbocycles. The monoisotopic (exact) mass is 324 g/mol. The minimum absolute atomic E-state index is 0.308. The number of hydrogen-bond acceptors (Lipinski definition) is 4. The van der Waals surface area contributed by atoms with Crippen LogP contribution in [0, 0.1) is 0 Å². The van der Waals surface area contributed by atoms with Crippen LogP contribution in [-0.4, -0.2) is 37.1 Å². The van der Waals surface area contributed by atoms with Gasteiger partial charge in [0.15, 0.2) is 0 Å². The van der Waals surface area contributed by atoms with E-state index in [4.69, 9.17) is 0 Å². The fourth-order valence-corrected chi connectivity index (χ4v) is 1.57. The molecule has 9 heteroatoms. The van der Waals surface area contributed by atoms with Gasteiger partial charge in [-0.25, -0.2) is 22.2 Å². The predicted octanol–water partition coefficient (Wildman–Crippen LogP) is 2.57. The normalized spacial score (nSPS) is 14.6. The van der Waals surface area contributed by atoms with Gasteiger partial charge >= 0.3 is 6.43 Å². The molecular weight excluding hydrogens is 309 g/mol. The number of rotatable bonds is 5. The molecule has 0 N–H and O–H groups in total.